The van der Waals surface area contributed by atoms with Gasteiger partial charge in [0.05, 0.1) is 5.56 Å². The summed E-state index contributed by atoms with van der Waals surface area (Å²) in [5.74, 6) is -0.0318. The summed E-state index contributed by atoms with van der Waals surface area (Å²) in [5, 5.41) is 3.82. The average Bonchev–Trinajstić information content (AvgIpc) is 3.14. The first-order valence-electron chi connectivity index (χ1n) is 9.90. The number of rotatable bonds is 8. The lowest BCUT2D eigenvalue weighted by atomic mass is 10.1. The fourth-order valence-corrected chi connectivity index (χ4v) is 3.48. The minimum atomic E-state index is -2.85. The lowest BCUT2D eigenvalue weighted by Crippen LogP contribution is -2.25. The second-order valence-electron chi connectivity index (χ2n) is 7.04. The van der Waals surface area contributed by atoms with Gasteiger partial charge in [-0.05, 0) is 35.9 Å². The number of para-hydroxylation sites is 1. The highest BCUT2D eigenvalue weighted by Gasteiger charge is 2.15. The predicted octanol–water partition coefficient (Wildman–Crippen LogP) is 4.66. The van der Waals surface area contributed by atoms with Crippen molar-refractivity contribution in [1.29, 1.82) is 0 Å². The van der Waals surface area contributed by atoms with Gasteiger partial charge in [-0.3, -0.25) is 9.78 Å². The van der Waals surface area contributed by atoms with Gasteiger partial charge in [-0.15, -0.1) is 0 Å². The summed E-state index contributed by atoms with van der Waals surface area (Å²) in [6.45, 7) is -1.87. The first-order valence-corrected chi connectivity index (χ1v) is 9.90. The lowest BCUT2D eigenvalue weighted by Gasteiger charge is -2.08. The number of carbonyl (C=O) groups is 1. The molecule has 0 aliphatic carbocycles. The molecule has 0 aliphatic heterocycles. The Kier molecular flexibility index (Phi) is 6.21. The van der Waals surface area contributed by atoms with Crippen molar-refractivity contribution in [2.24, 2.45) is 0 Å². The van der Waals surface area contributed by atoms with Crippen LogP contribution >= 0.6 is 0 Å². The van der Waals surface area contributed by atoms with Gasteiger partial charge in [0.15, 0.2) is 0 Å². The first kappa shape index (κ1) is 20.5. The molecule has 0 spiro atoms. The molecule has 31 heavy (non-hydrogen) atoms. The molecule has 5 nitrogen and oxygen atoms in total. The zero-order chi connectivity index (χ0) is 21.6. The van der Waals surface area contributed by atoms with E-state index in [0.29, 0.717) is 25.1 Å². The van der Waals surface area contributed by atoms with Gasteiger partial charge >= 0.3 is 6.61 Å². The summed E-state index contributed by atoms with van der Waals surface area (Å²) < 4.78 is 31.1. The molecule has 158 valence electrons. The smallest absolute Gasteiger partial charge is 0.387 e. The van der Waals surface area contributed by atoms with Crippen molar-refractivity contribution in [1.82, 2.24) is 14.9 Å². The summed E-state index contributed by atoms with van der Waals surface area (Å²) in [7, 11) is 0. The molecule has 7 heteroatoms. The van der Waals surface area contributed by atoms with Crippen LogP contribution in [0.2, 0.25) is 0 Å². The Balaban J connectivity index is 1.49. The summed E-state index contributed by atoms with van der Waals surface area (Å²) in [5.41, 5.74) is 3.34. The highest BCUT2D eigenvalue weighted by Crippen LogP contribution is 2.23. The SMILES string of the molecule is O=C(NCCc1ccccn1)c1cn(Cc2ccc(OC(F)F)cc2)c2ccccc12. The van der Waals surface area contributed by atoms with E-state index < -0.39 is 6.61 Å². The van der Waals surface area contributed by atoms with Gasteiger partial charge < -0.3 is 14.6 Å². The second-order valence-corrected chi connectivity index (χ2v) is 7.04. The van der Waals surface area contributed by atoms with Crippen molar-refractivity contribution in [2.75, 3.05) is 6.54 Å². The number of ether oxygens (including phenoxy) is 1. The topological polar surface area (TPSA) is 56.2 Å². The fourth-order valence-electron chi connectivity index (χ4n) is 3.48. The maximum Gasteiger partial charge on any atom is 0.387 e. The minimum Gasteiger partial charge on any atom is -0.435 e. The molecule has 2 heterocycles. The number of halogens is 2. The molecule has 2 aromatic heterocycles. The van der Waals surface area contributed by atoms with Crippen LogP contribution in [0, 0.1) is 0 Å². The molecule has 1 amide bonds. The average molecular weight is 421 g/mol. The van der Waals surface area contributed by atoms with Gasteiger partial charge in [-0.2, -0.15) is 8.78 Å². The van der Waals surface area contributed by atoms with Crippen molar-refractivity contribution in [3.63, 3.8) is 0 Å². The number of carbonyl (C=O) groups excluding carboxylic acids is 1. The third-order valence-corrected chi connectivity index (χ3v) is 4.93. The molecule has 0 saturated heterocycles. The maximum atomic E-state index is 12.8. The molecular weight excluding hydrogens is 400 g/mol. The second kappa shape index (κ2) is 9.38. The Morgan fingerprint density at radius 2 is 1.81 bits per heavy atom. The van der Waals surface area contributed by atoms with Crippen molar-refractivity contribution in [2.45, 2.75) is 19.6 Å². The zero-order valence-corrected chi connectivity index (χ0v) is 16.7. The molecule has 0 fully saturated rings. The van der Waals surface area contributed by atoms with Crippen LogP contribution in [0.5, 0.6) is 5.75 Å². The first-order chi connectivity index (χ1) is 15.1. The van der Waals surface area contributed by atoms with E-state index in [1.165, 1.54) is 12.1 Å². The van der Waals surface area contributed by atoms with Crippen molar-refractivity contribution in [3.8, 4) is 5.75 Å². The number of alkyl halides is 2. The van der Waals surface area contributed by atoms with Crippen LogP contribution < -0.4 is 10.1 Å². The molecule has 1 N–H and O–H groups in total. The fraction of sp³-hybridized carbons (Fsp3) is 0.167. The highest BCUT2D eigenvalue weighted by molar-refractivity contribution is 6.07. The van der Waals surface area contributed by atoms with Crippen LogP contribution in [-0.2, 0) is 13.0 Å². The van der Waals surface area contributed by atoms with Crippen LogP contribution in [0.15, 0.2) is 79.1 Å². The van der Waals surface area contributed by atoms with E-state index in [-0.39, 0.29) is 11.7 Å². The molecule has 2 aromatic carbocycles. The number of aromatic nitrogens is 2. The third-order valence-electron chi connectivity index (χ3n) is 4.93. The normalized spacial score (nSPS) is 11.1. The Bertz CT molecular complexity index is 1160. The van der Waals surface area contributed by atoms with E-state index in [4.69, 9.17) is 0 Å². The van der Waals surface area contributed by atoms with Gasteiger partial charge in [-0.1, -0.05) is 36.4 Å². The van der Waals surface area contributed by atoms with Crippen LogP contribution in [0.4, 0.5) is 8.78 Å². The molecule has 0 aliphatic rings. The molecular formula is C24H21F2N3O2. The largest absolute Gasteiger partial charge is 0.435 e. The third kappa shape index (κ3) is 5.06. The minimum absolute atomic E-state index is 0.115. The van der Waals surface area contributed by atoms with Gasteiger partial charge in [0.2, 0.25) is 0 Å². The van der Waals surface area contributed by atoms with Crippen molar-refractivity contribution in [3.05, 3.63) is 95.9 Å². The van der Waals surface area contributed by atoms with Gasteiger partial charge in [0.1, 0.15) is 5.75 Å². The number of fused-ring (bicyclic) bond motifs is 1. The van der Waals surface area contributed by atoms with E-state index in [9.17, 15) is 13.6 Å². The Hall–Kier alpha value is -3.74. The van der Waals surface area contributed by atoms with Gasteiger partial charge in [0, 0.05) is 48.5 Å². The van der Waals surface area contributed by atoms with E-state index in [2.05, 4.69) is 15.0 Å². The summed E-state index contributed by atoms with van der Waals surface area (Å²) in [6.07, 6.45) is 4.21. The maximum absolute atomic E-state index is 12.8. The van der Waals surface area contributed by atoms with Crippen LogP contribution in [0.25, 0.3) is 10.9 Å². The standard InChI is InChI=1S/C24H21F2N3O2/c25-24(26)31-19-10-8-17(9-11-19)15-29-16-21(20-6-1-2-7-22(20)29)23(30)28-14-12-18-5-3-4-13-27-18/h1-11,13,16,24H,12,14-15H2,(H,28,30). The van der Waals surface area contributed by atoms with Crippen LogP contribution in [0.3, 0.4) is 0 Å². The zero-order valence-electron chi connectivity index (χ0n) is 16.7. The number of amides is 1. The van der Waals surface area contributed by atoms with E-state index >= 15 is 0 Å². The van der Waals surface area contributed by atoms with E-state index in [1.807, 2.05) is 53.2 Å². The molecule has 0 radical (unpaired) electrons. The molecule has 4 rings (SSSR count). The Labute approximate surface area is 178 Å². The monoisotopic (exact) mass is 421 g/mol. The predicted molar refractivity (Wildman–Crippen MR) is 114 cm³/mol. The van der Waals surface area contributed by atoms with Gasteiger partial charge in [-0.25, -0.2) is 0 Å². The number of hydrogen-bond donors (Lipinski definition) is 1. The molecule has 4 aromatic rings. The van der Waals surface area contributed by atoms with E-state index in [0.717, 1.165) is 22.2 Å². The van der Waals surface area contributed by atoms with Crippen molar-refractivity contribution < 1.29 is 18.3 Å². The summed E-state index contributed by atoms with van der Waals surface area (Å²) in [4.78, 5) is 17.1. The number of hydrogen-bond acceptors (Lipinski definition) is 3. The summed E-state index contributed by atoms with van der Waals surface area (Å²) >= 11 is 0. The number of nitrogens with one attached hydrogen (secondary N) is 1. The Morgan fingerprint density at radius 1 is 1.03 bits per heavy atom. The van der Waals surface area contributed by atoms with Crippen molar-refractivity contribution >= 4 is 16.8 Å². The quantitative estimate of drug-likeness (QED) is 0.450. The number of pyridine rings is 1. The molecule has 0 unspecified atom stereocenters. The van der Waals surface area contributed by atoms with E-state index in [1.54, 1.807) is 18.3 Å². The number of nitrogens with zero attached hydrogens (tertiary/aromatic N) is 2. The molecule has 0 bridgehead atoms. The van der Waals surface area contributed by atoms with Crippen LogP contribution in [0.1, 0.15) is 21.6 Å². The lowest BCUT2D eigenvalue weighted by molar-refractivity contribution is -0.0498. The molecule has 0 saturated carbocycles. The summed E-state index contributed by atoms with van der Waals surface area (Å²) in [6, 6.07) is 19.9. The Morgan fingerprint density at radius 3 is 2.55 bits per heavy atom. The highest BCUT2D eigenvalue weighted by atomic mass is 19.3. The van der Waals surface area contributed by atoms with Gasteiger partial charge in [0.25, 0.3) is 5.91 Å². The number of benzene rings is 2. The molecule has 0 atom stereocenters. The van der Waals surface area contributed by atoms with Crippen LogP contribution in [-0.4, -0.2) is 28.6 Å².